The number of methoxy groups -OCH3 is 1. The third-order valence-electron chi connectivity index (χ3n) is 6.72. The van der Waals surface area contributed by atoms with Crippen LogP contribution in [-0.2, 0) is 45.3 Å². The van der Waals surface area contributed by atoms with Crippen LogP contribution >= 0.6 is 11.8 Å². The molecule has 0 aromatic heterocycles. The highest BCUT2D eigenvalue weighted by Crippen LogP contribution is 2.28. The molecule has 226 valence electrons. The van der Waals surface area contributed by atoms with Gasteiger partial charge in [-0.2, -0.15) is 8.42 Å². The number of hydrogen-bond acceptors (Lipinski definition) is 8. The molecule has 0 saturated carbocycles. The lowest BCUT2D eigenvalue weighted by Crippen LogP contribution is -2.22. The molecular weight excluding hydrogens is 585 g/mol. The van der Waals surface area contributed by atoms with Gasteiger partial charge in [-0.15, -0.1) is 11.8 Å². The second-order valence-corrected chi connectivity index (χ2v) is 13.0. The molecule has 1 unspecified atom stereocenters. The molecule has 7 nitrogen and oxygen atoms in total. The topological polar surface area (TPSA) is 99.1 Å². The summed E-state index contributed by atoms with van der Waals surface area (Å²) in [6.07, 6.45) is 3.62. The van der Waals surface area contributed by atoms with E-state index in [0.717, 1.165) is 46.2 Å². The number of carbonyl (C=O) groups is 1. The van der Waals surface area contributed by atoms with E-state index in [1.165, 1.54) is 7.11 Å². The molecule has 4 aromatic carbocycles. The van der Waals surface area contributed by atoms with E-state index < -0.39 is 10.1 Å². The fourth-order valence-electron chi connectivity index (χ4n) is 4.54. The highest BCUT2D eigenvalue weighted by atomic mass is 32.2. The maximum absolute atomic E-state index is 12.4. The Morgan fingerprint density at radius 2 is 1.49 bits per heavy atom. The van der Waals surface area contributed by atoms with E-state index in [0.29, 0.717) is 31.6 Å². The Bertz CT molecular complexity index is 1570. The molecule has 9 heteroatoms. The van der Waals surface area contributed by atoms with Crippen molar-refractivity contribution in [2.75, 3.05) is 25.7 Å². The third kappa shape index (κ3) is 10.7. The van der Waals surface area contributed by atoms with E-state index in [4.69, 9.17) is 13.7 Å². The molecule has 0 aliphatic heterocycles. The fraction of sp³-hybridized carbons (Fsp3) is 0.265. The predicted molar refractivity (Wildman–Crippen MR) is 171 cm³/mol. The monoisotopic (exact) mass is 620 g/mol. The molecule has 0 aliphatic carbocycles. The molecule has 0 amide bonds. The molecule has 0 saturated heterocycles. The van der Waals surface area contributed by atoms with E-state index in [1.807, 2.05) is 66.7 Å². The number of thioether (sulfide) groups is 1. The van der Waals surface area contributed by atoms with Crippen LogP contribution in [0.3, 0.4) is 0 Å². The van der Waals surface area contributed by atoms with Crippen LogP contribution in [0.2, 0.25) is 0 Å². The van der Waals surface area contributed by atoms with Crippen LogP contribution in [0.5, 0.6) is 17.2 Å². The maximum Gasteiger partial charge on any atom is 0.319 e. The first-order valence-electron chi connectivity index (χ1n) is 13.9. The lowest BCUT2D eigenvalue weighted by molar-refractivity contribution is -0.139. The SMILES string of the molecule is COC(=O)C(Cc1ccc(CCOc2ccc(OS(C)(=O)=O)cc2Cc2ccccc2)cc1)SCCc1ccc(O)cc1. The highest BCUT2D eigenvalue weighted by molar-refractivity contribution is 8.00. The smallest absolute Gasteiger partial charge is 0.319 e. The number of esters is 1. The first-order chi connectivity index (χ1) is 20.7. The summed E-state index contributed by atoms with van der Waals surface area (Å²) in [5, 5.41) is 9.15. The van der Waals surface area contributed by atoms with Gasteiger partial charge in [0.25, 0.3) is 0 Å². The Kier molecular flexibility index (Phi) is 11.5. The number of ether oxygens (including phenoxy) is 2. The molecule has 0 spiro atoms. The van der Waals surface area contributed by atoms with Crippen molar-refractivity contribution in [2.24, 2.45) is 0 Å². The van der Waals surface area contributed by atoms with Crippen molar-refractivity contribution >= 4 is 27.8 Å². The quantitative estimate of drug-likeness (QED) is 0.128. The molecule has 1 N–H and O–H groups in total. The average Bonchev–Trinajstić information content (AvgIpc) is 2.99. The van der Waals surface area contributed by atoms with Crippen LogP contribution < -0.4 is 8.92 Å². The Morgan fingerprint density at radius 1 is 0.837 bits per heavy atom. The largest absolute Gasteiger partial charge is 0.508 e. The number of carbonyl (C=O) groups excluding carboxylic acids is 1. The molecular formula is C34H36O7S2. The van der Waals surface area contributed by atoms with Crippen molar-refractivity contribution in [1.29, 1.82) is 0 Å². The van der Waals surface area contributed by atoms with Gasteiger partial charge in [-0.1, -0.05) is 66.7 Å². The van der Waals surface area contributed by atoms with E-state index in [-0.39, 0.29) is 22.7 Å². The molecule has 0 radical (unpaired) electrons. The Labute approximate surface area is 258 Å². The molecule has 1 atom stereocenters. The van der Waals surface area contributed by atoms with Gasteiger partial charge in [-0.25, -0.2) is 0 Å². The Hall–Kier alpha value is -3.95. The van der Waals surface area contributed by atoms with Gasteiger partial charge in [0.1, 0.15) is 22.5 Å². The number of aryl methyl sites for hydroxylation is 1. The summed E-state index contributed by atoms with van der Waals surface area (Å²) in [5.74, 6) is 1.68. The van der Waals surface area contributed by atoms with Crippen LogP contribution in [0.25, 0.3) is 0 Å². The first-order valence-corrected chi connectivity index (χ1v) is 16.8. The van der Waals surface area contributed by atoms with E-state index in [9.17, 15) is 18.3 Å². The molecule has 4 aromatic rings. The number of phenolic OH excluding ortho intramolecular Hbond substituents is 1. The zero-order chi connectivity index (χ0) is 30.7. The van der Waals surface area contributed by atoms with Gasteiger partial charge in [-0.05, 0) is 71.2 Å². The Morgan fingerprint density at radius 3 is 2.16 bits per heavy atom. The summed E-state index contributed by atoms with van der Waals surface area (Å²) in [7, 11) is -2.23. The van der Waals surface area contributed by atoms with Crippen LogP contribution in [-0.4, -0.2) is 50.5 Å². The van der Waals surface area contributed by atoms with Gasteiger partial charge in [-0.3, -0.25) is 4.79 Å². The van der Waals surface area contributed by atoms with Crippen molar-refractivity contribution in [3.8, 4) is 17.2 Å². The second-order valence-electron chi connectivity index (χ2n) is 10.1. The number of benzene rings is 4. The first kappa shape index (κ1) is 32.0. The van der Waals surface area contributed by atoms with Crippen LogP contribution in [0.1, 0.15) is 27.8 Å². The van der Waals surface area contributed by atoms with Crippen LogP contribution in [0.15, 0.2) is 97.1 Å². The zero-order valence-electron chi connectivity index (χ0n) is 24.3. The van der Waals surface area contributed by atoms with Gasteiger partial charge >= 0.3 is 16.1 Å². The number of aromatic hydroxyl groups is 1. The lowest BCUT2D eigenvalue weighted by Gasteiger charge is -2.15. The molecule has 4 rings (SSSR count). The molecule has 0 bridgehead atoms. The average molecular weight is 621 g/mol. The van der Waals surface area contributed by atoms with Gasteiger partial charge in [0.15, 0.2) is 0 Å². The predicted octanol–water partition coefficient (Wildman–Crippen LogP) is 6.00. The summed E-state index contributed by atoms with van der Waals surface area (Å²) in [6, 6.07) is 30.2. The van der Waals surface area contributed by atoms with Gasteiger partial charge in [0.2, 0.25) is 0 Å². The summed E-state index contributed by atoms with van der Waals surface area (Å²) in [6.45, 7) is 0.436. The van der Waals surface area contributed by atoms with E-state index in [1.54, 1.807) is 42.1 Å². The zero-order valence-corrected chi connectivity index (χ0v) is 25.9. The lowest BCUT2D eigenvalue weighted by atomic mass is 10.0. The van der Waals surface area contributed by atoms with Crippen molar-refractivity contribution < 1.29 is 32.0 Å². The minimum Gasteiger partial charge on any atom is -0.508 e. The molecule has 0 aliphatic rings. The standard InChI is InChI=1S/C34H36O7S2/c1-39-34(36)33(42-21-19-26-12-14-30(35)15-13-26)23-28-10-8-25(9-11-28)18-20-40-32-17-16-31(41-43(2,37)38)24-29(32)22-27-6-4-3-5-7-27/h3-17,24,33,35H,18-23H2,1-2H3. The minimum absolute atomic E-state index is 0.238. The van der Waals surface area contributed by atoms with Crippen molar-refractivity contribution in [2.45, 2.75) is 30.9 Å². The van der Waals surface area contributed by atoms with Crippen molar-refractivity contribution in [3.63, 3.8) is 0 Å². The molecule has 0 fully saturated rings. The highest BCUT2D eigenvalue weighted by Gasteiger charge is 2.20. The second kappa shape index (κ2) is 15.5. The van der Waals surface area contributed by atoms with Crippen molar-refractivity contribution in [1.82, 2.24) is 0 Å². The Balaban J connectivity index is 1.33. The molecule has 43 heavy (non-hydrogen) atoms. The summed E-state index contributed by atoms with van der Waals surface area (Å²) in [5.41, 5.74) is 5.15. The van der Waals surface area contributed by atoms with Crippen LogP contribution in [0, 0.1) is 0 Å². The van der Waals surface area contributed by atoms with Gasteiger partial charge in [0, 0.05) is 18.4 Å². The number of hydrogen-bond donors (Lipinski definition) is 1. The molecule has 0 heterocycles. The normalized spacial score (nSPS) is 12.0. The van der Waals surface area contributed by atoms with Crippen molar-refractivity contribution in [3.05, 3.63) is 125 Å². The van der Waals surface area contributed by atoms with Gasteiger partial charge < -0.3 is 18.8 Å². The third-order valence-corrected chi connectivity index (χ3v) is 8.42. The summed E-state index contributed by atoms with van der Waals surface area (Å²) >= 11 is 1.57. The summed E-state index contributed by atoms with van der Waals surface area (Å²) < 4.78 is 39.6. The minimum atomic E-state index is -3.64. The van der Waals surface area contributed by atoms with Crippen LogP contribution in [0.4, 0.5) is 0 Å². The van der Waals surface area contributed by atoms with E-state index >= 15 is 0 Å². The van der Waals surface area contributed by atoms with E-state index in [2.05, 4.69) is 0 Å². The summed E-state index contributed by atoms with van der Waals surface area (Å²) in [4.78, 5) is 12.4. The van der Waals surface area contributed by atoms with Gasteiger partial charge in [0.05, 0.1) is 20.0 Å². The maximum atomic E-state index is 12.4. The fourth-order valence-corrected chi connectivity index (χ4v) is 6.17. The number of rotatable bonds is 15. The number of phenols is 1.